The predicted molar refractivity (Wildman–Crippen MR) is 73.2 cm³/mol. The molecule has 0 aliphatic rings. The molecule has 0 aliphatic carbocycles. The number of nitrogens with zero attached hydrogens (tertiary/aromatic N) is 4. The van der Waals surface area contributed by atoms with E-state index in [0.29, 0.717) is 32.6 Å². The Morgan fingerprint density at radius 3 is 2.58 bits per heavy atom. The fourth-order valence-corrected chi connectivity index (χ4v) is 2.32. The van der Waals surface area contributed by atoms with Crippen molar-refractivity contribution in [2.75, 3.05) is 0 Å². The van der Waals surface area contributed by atoms with Gasteiger partial charge < -0.3 is 0 Å². The zero-order valence-electron chi connectivity index (χ0n) is 9.51. The number of rotatable bonds is 1. The highest BCUT2D eigenvalue weighted by Gasteiger charge is 2.10. The lowest BCUT2D eigenvalue weighted by atomic mass is 10.2. The molecule has 2 aromatic heterocycles. The van der Waals surface area contributed by atoms with Crippen LogP contribution in [-0.4, -0.2) is 14.6 Å². The Morgan fingerprint density at radius 2 is 1.89 bits per heavy atom. The number of pyridine rings is 1. The summed E-state index contributed by atoms with van der Waals surface area (Å²) in [5.41, 5.74) is 1.69. The van der Waals surface area contributed by atoms with Crippen LogP contribution in [0, 0.1) is 11.3 Å². The van der Waals surface area contributed by atoms with Crippen LogP contribution in [0.25, 0.3) is 17.0 Å². The molecule has 4 nitrogen and oxygen atoms in total. The highest BCUT2D eigenvalue weighted by molar-refractivity contribution is 6.35. The molecule has 2 heterocycles. The molecule has 0 unspecified atom stereocenters. The number of nitriles is 1. The first-order valence-electron chi connectivity index (χ1n) is 5.39. The quantitative estimate of drug-likeness (QED) is 0.688. The van der Waals surface area contributed by atoms with Crippen LogP contribution in [0.3, 0.4) is 0 Å². The van der Waals surface area contributed by atoms with Crippen molar-refractivity contribution in [2.45, 2.75) is 0 Å². The number of hydrogen-bond donors (Lipinski definition) is 0. The lowest BCUT2D eigenvalue weighted by Crippen LogP contribution is -1.88. The molecular formula is C13H6Cl2N4. The molecular weight excluding hydrogens is 283 g/mol. The first-order chi connectivity index (χ1) is 9.17. The minimum Gasteiger partial charge on any atom is -0.219 e. The Labute approximate surface area is 118 Å². The summed E-state index contributed by atoms with van der Waals surface area (Å²) < 4.78 is 1.56. The van der Waals surface area contributed by atoms with E-state index in [9.17, 15) is 0 Å². The second-order valence-electron chi connectivity index (χ2n) is 3.90. The Bertz CT molecular complexity index is 797. The van der Waals surface area contributed by atoms with Crippen LogP contribution >= 0.6 is 23.2 Å². The van der Waals surface area contributed by atoms with Gasteiger partial charge >= 0.3 is 0 Å². The number of hydrogen-bond acceptors (Lipinski definition) is 3. The summed E-state index contributed by atoms with van der Waals surface area (Å²) >= 11 is 11.9. The van der Waals surface area contributed by atoms with E-state index in [4.69, 9.17) is 28.5 Å². The van der Waals surface area contributed by atoms with E-state index in [0.717, 1.165) is 0 Å². The van der Waals surface area contributed by atoms with Crippen molar-refractivity contribution < 1.29 is 0 Å². The van der Waals surface area contributed by atoms with Gasteiger partial charge in [0.15, 0.2) is 11.5 Å². The lowest BCUT2D eigenvalue weighted by Gasteiger charge is -1.97. The van der Waals surface area contributed by atoms with Crippen molar-refractivity contribution in [3.8, 4) is 17.5 Å². The number of halogens is 2. The maximum atomic E-state index is 9.03. The van der Waals surface area contributed by atoms with E-state index in [2.05, 4.69) is 16.2 Å². The third-order valence-corrected chi connectivity index (χ3v) is 3.04. The SMILES string of the molecule is N#Cc1cccn2nc(-c3cc(Cl)cc(Cl)c3)nc12. The molecule has 0 amide bonds. The fraction of sp³-hybridized carbons (Fsp3) is 0. The van der Waals surface area contributed by atoms with Gasteiger partial charge in [0, 0.05) is 21.8 Å². The van der Waals surface area contributed by atoms with Crippen molar-refractivity contribution in [1.82, 2.24) is 14.6 Å². The second-order valence-corrected chi connectivity index (χ2v) is 4.77. The Hall–Kier alpha value is -2.09. The molecule has 0 radical (unpaired) electrons. The van der Waals surface area contributed by atoms with Crippen LogP contribution in [0.2, 0.25) is 10.0 Å². The maximum Gasteiger partial charge on any atom is 0.182 e. The van der Waals surface area contributed by atoms with Crippen LogP contribution < -0.4 is 0 Å². The highest BCUT2D eigenvalue weighted by atomic mass is 35.5. The molecule has 0 atom stereocenters. The predicted octanol–water partition coefficient (Wildman–Crippen LogP) is 3.57. The Kier molecular flexibility index (Phi) is 2.86. The fourth-order valence-electron chi connectivity index (χ4n) is 1.80. The van der Waals surface area contributed by atoms with Gasteiger partial charge in [-0.15, -0.1) is 5.10 Å². The first-order valence-corrected chi connectivity index (χ1v) is 6.15. The topological polar surface area (TPSA) is 54.0 Å². The van der Waals surface area contributed by atoms with Crippen LogP contribution in [0.4, 0.5) is 0 Å². The van der Waals surface area contributed by atoms with Crippen molar-refractivity contribution in [3.63, 3.8) is 0 Å². The van der Waals surface area contributed by atoms with Gasteiger partial charge in [-0.1, -0.05) is 23.2 Å². The van der Waals surface area contributed by atoms with E-state index in [1.807, 2.05) is 0 Å². The molecule has 0 saturated carbocycles. The van der Waals surface area contributed by atoms with Crippen LogP contribution in [-0.2, 0) is 0 Å². The molecule has 0 N–H and O–H groups in total. The summed E-state index contributed by atoms with van der Waals surface area (Å²) in [5, 5.41) is 14.4. The molecule has 0 aliphatic heterocycles. The highest BCUT2D eigenvalue weighted by Crippen LogP contribution is 2.25. The van der Waals surface area contributed by atoms with Crippen LogP contribution in [0.15, 0.2) is 36.5 Å². The molecule has 19 heavy (non-hydrogen) atoms. The monoisotopic (exact) mass is 288 g/mol. The zero-order chi connectivity index (χ0) is 13.4. The molecule has 3 aromatic rings. The molecule has 6 heteroatoms. The standard InChI is InChI=1S/C13H6Cl2N4/c14-10-4-9(5-11(15)6-10)12-17-13-8(7-16)2-1-3-19(13)18-12/h1-6H. The van der Waals surface area contributed by atoms with Gasteiger partial charge in [-0.2, -0.15) is 5.26 Å². The zero-order valence-corrected chi connectivity index (χ0v) is 11.0. The molecule has 0 spiro atoms. The van der Waals surface area contributed by atoms with Gasteiger partial charge in [0.25, 0.3) is 0 Å². The van der Waals surface area contributed by atoms with Crippen molar-refractivity contribution in [3.05, 3.63) is 52.1 Å². The summed E-state index contributed by atoms with van der Waals surface area (Å²) in [6, 6.07) is 10.6. The third kappa shape index (κ3) is 2.14. The second kappa shape index (κ2) is 4.54. The minimum absolute atomic E-state index is 0.467. The summed E-state index contributed by atoms with van der Waals surface area (Å²) in [5.74, 6) is 0.479. The van der Waals surface area contributed by atoms with Gasteiger partial charge in [0.05, 0.1) is 5.56 Å². The summed E-state index contributed by atoms with van der Waals surface area (Å²) in [7, 11) is 0. The third-order valence-electron chi connectivity index (χ3n) is 2.60. The minimum atomic E-state index is 0.467. The molecule has 92 valence electrons. The first kappa shape index (κ1) is 12.0. The number of fused-ring (bicyclic) bond motifs is 1. The van der Waals surface area contributed by atoms with E-state index in [1.54, 1.807) is 41.0 Å². The van der Waals surface area contributed by atoms with E-state index in [-0.39, 0.29) is 0 Å². The molecule has 3 rings (SSSR count). The largest absolute Gasteiger partial charge is 0.219 e. The molecule has 0 fully saturated rings. The van der Waals surface area contributed by atoms with Crippen molar-refractivity contribution in [2.24, 2.45) is 0 Å². The van der Waals surface area contributed by atoms with Gasteiger partial charge in [0.1, 0.15) is 6.07 Å². The van der Waals surface area contributed by atoms with Gasteiger partial charge in [-0.25, -0.2) is 9.50 Å². The van der Waals surface area contributed by atoms with Crippen molar-refractivity contribution in [1.29, 1.82) is 5.26 Å². The normalized spacial score (nSPS) is 10.6. The van der Waals surface area contributed by atoms with Crippen molar-refractivity contribution >= 4 is 28.8 Å². The maximum absolute atomic E-state index is 9.03. The van der Waals surface area contributed by atoms with Crippen LogP contribution in [0.5, 0.6) is 0 Å². The molecule has 0 saturated heterocycles. The van der Waals surface area contributed by atoms with Crippen LogP contribution in [0.1, 0.15) is 5.56 Å². The summed E-state index contributed by atoms with van der Waals surface area (Å²) in [6.45, 7) is 0. The van der Waals surface area contributed by atoms with E-state index in [1.165, 1.54) is 0 Å². The van der Waals surface area contributed by atoms with E-state index < -0.39 is 0 Å². The Morgan fingerprint density at radius 1 is 1.16 bits per heavy atom. The van der Waals surface area contributed by atoms with Gasteiger partial charge in [-0.05, 0) is 30.3 Å². The smallest absolute Gasteiger partial charge is 0.182 e. The Balaban J connectivity index is 2.24. The summed E-state index contributed by atoms with van der Waals surface area (Å²) in [6.07, 6.45) is 1.73. The average Bonchev–Trinajstić information content (AvgIpc) is 2.81. The molecule has 0 bridgehead atoms. The lowest BCUT2D eigenvalue weighted by molar-refractivity contribution is 0.963. The molecule has 1 aromatic carbocycles. The summed E-state index contributed by atoms with van der Waals surface area (Å²) in [4.78, 5) is 4.35. The van der Waals surface area contributed by atoms with E-state index >= 15 is 0 Å². The van der Waals surface area contributed by atoms with Gasteiger partial charge in [0.2, 0.25) is 0 Å². The van der Waals surface area contributed by atoms with Gasteiger partial charge in [-0.3, -0.25) is 0 Å². The number of benzene rings is 1. The average molecular weight is 289 g/mol. The number of aromatic nitrogens is 3.